The summed E-state index contributed by atoms with van der Waals surface area (Å²) in [5.41, 5.74) is 1.13. The lowest BCUT2D eigenvalue weighted by Gasteiger charge is -2.63. The monoisotopic (exact) mass is 917 g/mol. The van der Waals surface area contributed by atoms with E-state index in [9.17, 15) is 56.2 Å². The van der Waals surface area contributed by atoms with E-state index >= 15 is 0 Å². The zero-order valence-corrected chi connectivity index (χ0v) is 38.0. The van der Waals surface area contributed by atoms with Gasteiger partial charge in [-0.05, 0) is 98.2 Å². The van der Waals surface area contributed by atoms with E-state index in [-0.39, 0.29) is 52.8 Å². The van der Waals surface area contributed by atoms with Crippen LogP contribution in [0.3, 0.4) is 0 Å². The molecule has 0 aromatic carbocycles. The molecular formula is C46H76O18. The van der Waals surface area contributed by atoms with Crippen molar-refractivity contribution in [2.45, 2.75) is 209 Å². The molecule has 13 unspecified atom stereocenters. The van der Waals surface area contributed by atoms with Gasteiger partial charge in [0.2, 0.25) is 0 Å². The third kappa shape index (κ3) is 8.27. The number of hydrogen-bond donors (Lipinski definition) is 11. The Kier molecular flexibility index (Phi) is 14.2. The van der Waals surface area contributed by atoms with E-state index in [2.05, 4.69) is 33.8 Å². The minimum absolute atomic E-state index is 0.0170. The Morgan fingerprint density at radius 2 is 1.36 bits per heavy atom. The lowest BCUT2D eigenvalue weighted by atomic mass is 9.41. The van der Waals surface area contributed by atoms with Crippen molar-refractivity contribution < 1.29 is 89.3 Å². The van der Waals surface area contributed by atoms with Crippen LogP contribution in [-0.2, 0) is 33.2 Å². The molecule has 0 radical (unpaired) electrons. The molecule has 26 atom stereocenters. The lowest BCUT2D eigenvalue weighted by molar-refractivity contribution is -0.369. The molecule has 0 aromatic heterocycles. The molecular weight excluding hydrogens is 840 g/mol. The van der Waals surface area contributed by atoms with Crippen molar-refractivity contribution in [3.05, 3.63) is 11.6 Å². The molecule has 8 aliphatic rings. The standard InChI is InChI=1S/C46H76O18/c1-20(19-58-40-37(55)35(53)32(50)26(17-47)61-40)7-14-46(57)21(2)30-25(64-46)16-29-44(5)11-8-23-15-24(9-12-43(23,4)28(44)10-13-45(29,30)6)60-42-39(36(54)33(51)27(18-48)62-42)63-41-38(56)34(52)31(49)22(3)59-41/h8,20-22,24-42,47-57H,7,9-19H2,1-6H3/t20-,21+,22?,24?,25?,26?,27?,28-,29+,30?,31+,32-,33-,34?,35?,36?,37?,38?,39?,40-,41+,42-,43+,44-,45+,46?/m1/s1. The van der Waals surface area contributed by atoms with Gasteiger partial charge < -0.3 is 89.3 Å². The highest BCUT2D eigenvalue weighted by atomic mass is 16.8. The quantitative estimate of drug-likeness (QED) is 0.111. The van der Waals surface area contributed by atoms with Crippen molar-refractivity contribution in [2.75, 3.05) is 19.8 Å². The summed E-state index contributed by atoms with van der Waals surface area (Å²) in [7, 11) is 0. The van der Waals surface area contributed by atoms with E-state index in [1.54, 1.807) is 0 Å². The van der Waals surface area contributed by atoms with Crippen molar-refractivity contribution in [1.29, 1.82) is 0 Å². The minimum Gasteiger partial charge on any atom is -0.394 e. The lowest BCUT2D eigenvalue weighted by Crippen LogP contribution is -2.64. The second kappa shape index (κ2) is 18.4. The van der Waals surface area contributed by atoms with Crippen LogP contribution in [0, 0.1) is 45.8 Å². The molecule has 0 spiro atoms. The minimum atomic E-state index is -1.65. The van der Waals surface area contributed by atoms with Crippen LogP contribution in [0.15, 0.2) is 11.6 Å². The smallest absolute Gasteiger partial charge is 0.187 e. The molecule has 0 aromatic rings. The zero-order chi connectivity index (χ0) is 46.4. The molecule has 4 saturated heterocycles. The second-order valence-electron chi connectivity index (χ2n) is 21.7. The van der Waals surface area contributed by atoms with Crippen LogP contribution >= 0.6 is 0 Å². The maximum absolute atomic E-state index is 12.1. The van der Waals surface area contributed by atoms with Crippen LogP contribution in [0.25, 0.3) is 0 Å². The maximum atomic E-state index is 12.1. The van der Waals surface area contributed by atoms with Crippen LogP contribution in [0.2, 0.25) is 0 Å². The molecule has 7 fully saturated rings. The summed E-state index contributed by atoms with van der Waals surface area (Å²) in [5, 5.41) is 116. The van der Waals surface area contributed by atoms with Gasteiger partial charge in [0.05, 0.1) is 38.1 Å². The van der Waals surface area contributed by atoms with Gasteiger partial charge in [0.1, 0.15) is 67.1 Å². The molecule has 18 nitrogen and oxygen atoms in total. The van der Waals surface area contributed by atoms with E-state index in [0.717, 1.165) is 32.1 Å². The third-order valence-electron chi connectivity index (χ3n) is 18.0. The molecule has 4 heterocycles. The summed E-state index contributed by atoms with van der Waals surface area (Å²) in [6, 6.07) is 0. The van der Waals surface area contributed by atoms with Crippen molar-refractivity contribution in [3.8, 4) is 0 Å². The van der Waals surface area contributed by atoms with Crippen LogP contribution in [0.5, 0.6) is 0 Å². The summed E-state index contributed by atoms with van der Waals surface area (Å²) >= 11 is 0. The number of fused-ring (bicyclic) bond motifs is 7. The fourth-order valence-corrected chi connectivity index (χ4v) is 14.1. The molecule has 0 bridgehead atoms. The van der Waals surface area contributed by atoms with E-state index in [4.69, 9.17) is 33.2 Å². The average molecular weight is 917 g/mol. The average Bonchev–Trinajstić information content (AvgIpc) is 3.71. The van der Waals surface area contributed by atoms with E-state index < -0.39 is 111 Å². The highest BCUT2D eigenvalue weighted by Crippen LogP contribution is 2.74. The van der Waals surface area contributed by atoms with Crippen molar-refractivity contribution in [1.82, 2.24) is 0 Å². The molecule has 18 heteroatoms. The number of ether oxygens (including phenoxy) is 7. The maximum Gasteiger partial charge on any atom is 0.187 e. The Morgan fingerprint density at radius 1 is 0.719 bits per heavy atom. The normalized spacial score (nSPS) is 55.5. The van der Waals surface area contributed by atoms with Crippen molar-refractivity contribution in [3.63, 3.8) is 0 Å². The van der Waals surface area contributed by atoms with Gasteiger partial charge in [-0.3, -0.25) is 0 Å². The second-order valence-corrected chi connectivity index (χ2v) is 21.7. The van der Waals surface area contributed by atoms with Crippen molar-refractivity contribution >= 4 is 0 Å². The first-order valence-corrected chi connectivity index (χ1v) is 23.8. The SMILES string of the molecule is CC1O[C@@H](OC2C(O)[C@H](O)C(CO)O[C@H]2OC2CC[C@@]3(C)C(=CC[C@]4(C)[C@@H]3CC[C@]3(C)C5C(C[C@@H]43)OC(O)(CC[C@@H](C)CO[C@@H]3OC(CO)[C@@H](O)C(O)C3O)[C@H]5C)C2)C(O)C(O)[C@H]1O. The Bertz CT molecular complexity index is 1650. The summed E-state index contributed by atoms with van der Waals surface area (Å²) in [6.45, 7) is 11.9. The first-order valence-electron chi connectivity index (χ1n) is 23.8. The van der Waals surface area contributed by atoms with Crippen LogP contribution in [0.1, 0.15) is 99.3 Å². The van der Waals surface area contributed by atoms with Gasteiger partial charge in [-0.15, -0.1) is 0 Å². The number of hydrogen-bond acceptors (Lipinski definition) is 18. The Balaban J connectivity index is 0.903. The summed E-state index contributed by atoms with van der Waals surface area (Å²) in [6.07, 6.45) is -11.7. The fraction of sp³-hybridized carbons (Fsp3) is 0.957. The molecule has 64 heavy (non-hydrogen) atoms. The summed E-state index contributed by atoms with van der Waals surface area (Å²) in [5.74, 6) is -0.559. The summed E-state index contributed by atoms with van der Waals surface area (Å²) in [4.78, 5) is 0. The highest BCUT2D eigenvalue weighted by Gasteiger charge is 2.70. The molecule has 368 valence electrons. The van der Waals surface area contributed by atoms with E-state index in [1.807, 2.05) is 6.92 Å². The van der Waals surface area contributed by atoms with Gasteiger partial charge in [0, 0.05) is 12.3 Å². The number of aliphatic hydroxyl groups excluding tert-OH is 10. The van der Waals surface area contributed by atoms with Gasteiger partial charge in [0.25, 0.3) is 0 Å². The summed E-state index contributed by atoms with van der Waals surface area (Å²) < 4.78 is 42.2. The fourth-order valence-electron chi connectivity index (χ4n) is 14.1. The predicted octanol–water partition coefficient (Wildman–Crippen LogP) is -0.441. The zero-order valence-electron chi connectivity index (χ0n) is 38.0. The molecule has 8 rings (SSSR count). The topological polar surface area (TPSA) is 287 Å². The molecule has 11 N–H and O–H groups in total. The van der Waals surface area contributed by atoms with Crippen LogP contribution < -0.4 is 0 Å². The third-order valence-corrected chi connectivity index (χ3v) is 18.0. The molecule has 4 aliphatic heterocycles. The Labute approximate surface area is 375 Å². The molecule has 3 saturated carbocycles. The Morgan fingerprint density at radius 3 is 2.05 bits per heavy atom. The molecule has 0 amide bonds. The van der Waals surface area contributed by atoms with Gasteiger partial charge in [-0.1, -0.05) is 46.3 Å². The van der Waals surface area contributed by atoms with Gasteiger partial charge >= 0.3 is 0 Å². The van der Waals surface area contributed by atoms with Crippen molar-refractivity contribution in [2.24, 2.45) is 45.8 Å². The van der Waals surface area contributed by atoms with E-state index in [1.165, 1.54) is 12.5 Å². The first-order chi connectivity index (χ1) is 30.1. The Hall–Kier alpha value is -0.980. The van der Waals surface area contributed by atoms with Gasteiger partial charge in [-0.25, -0.2) is 0 Å². The van der Waals surface area contributed by atoms with Gasteiger partial charge in [0.15, 0.2) is 24.7 Å². The number of aliphatic hydroxyl groups is 11. The predicted molar refractivity (Wildman–Crippen MR) is 222 cm³/mol. The number of rotatable bonds is 12. The highest BCUT2D eigenvalue weighted by molar-refractivity contribution is 5.29. The largest absolute Gasteiger partial charge is 0.394 e. The molecule has 4 aliphatic carbocycles. The van der Waals surface area contributed by atoms with E-state index in [0.29, 0.717) is 37.5 Å². The van der Waals surface area contributed by atoms with Crippen LogP contribution in [-0.4, -0.2) is 186 Å². The first kappa shape index (κ1) is 49.4. The van der Waals surface area contributed by atoms with Crippen LogP contribution in [0.4, 0.5) is 0 Å². The van der Waals surface area contributed by atoms with Gasteiger partial charge in [-0.2, -0.15) is 0 Å². The number of allylic oxidation sites excluding steroid dienone is 1.